The molecule has 1 atom stereocenters. The number of rotatable bonds is 7. The molecule has 2 N–H and O–H groups in total. The summed E-state index contributed by atoms with van der Waals surface area (Å²) in [6.07, 6.45) is 1.56. The standard InChI is InChI=1S/C17H25N3O3/c1-13-5-7-14(8-6-13)20-10-3-4-15(17(20)22)19-16(21)12-18-9-11-23-2/h5-8,15,18H,3-4,9-12H2,1-2H3,(H,19,21). The highest BCUT2D eigenvalue weighted by Gasteiger charge is 2.30. The lowest BCUT2D eigenvalue weighted by Crippen LogP contribution is -2.53. The van der Waals surface area contributed by atoms with Gasteiger partial charge < -0.3 is 20.3 Å². The van der Waals surface area contributed by atoms with Crippen LogP contribution in [0, 0.1) is 6.92 Å². The molecule has 0 bridgehead atoms. The number of hydrogen-bond acceptors (Lipinski definition) is 4. The van der Waals surface area contributed by atoms with Crippen molar-refractivity contribution in [1.29, 1.82) is 0 Å². The number of benzene rings is 1. The van der Waals surface area contributed by atoms with E-state index >= 15 is 0 Å². The Balaban J connectivity index is 1.89. The first-order valence-electron chi connectivity index (χ1n) is 7.99. The lowest BCUT2D eigenvalue weighted by atomic mass is 10.0. The van der Waals surface area contributed by atoms with E-state index in [0.717, 1.165) is 17.7 Å². The number of hydrogen-bond donors (Lipinski definition) is 2. The first-order valence-corrected chi connectivity index (χ1v) is 7.99. The van der Waals surface area contributed by atoms with Crippen molar-refractivity contribution in [1.82, 2.24) is 10.6 Å². The number of piperidine rings is 1. The number of aryl methyl sites for hydroxylation is 1. The minimum absolute atomic E-state index is 0.0367. The highest BCUT2D eigenvalue weighted by atomic mass is 16.5. The predicted molar refractivity (Wildman–Crippen MR) is 89.4 cm³/mol. The van der Waals surface area contributed by atoms with Crippen LogP contribution in [0.15, 0.2) is 24.3 Å². The van der Waals surface area contributed by atoms with Gasteiger partial charge in [0.1, 0.15) is 6.04 Å². The van der Waals surface area contributed by atoms with Crippen molar-refractivity contribution >= 4 is 17.5 Å². The molecule has 126 valence electrons. The zero-order valence-corrected chi connectivity index (χ0v) is 13.8. The molecule has 23 heavy (non-hydrogen) atoms. The zero-order chi connectivity index (χ0) is 16.7. The van der Waals surface area contributed by atoms with Gasteiger partial charge in [-0.25, -0.2) is 0 Å². The molecule has 0 radical (unpaired) electrons. The topological polar surface area (TPSA) is 70.7 Å². The van der Waals surface area contributed by atoms with Crippen LogP contribution in [-0.2, 0) is 14.3 Å². The first kappa shape index (κ1) is 17.4. The maximum atomic E-state index is 12.6. The van der Waals surface area contributed by atoms with E-state index in [2.05, 4.69) is 10.6 Å². The summed E-state index contributed by atoms with van der Waals surface area (Å²) in [5, 5.41) is 5.80. The summed E-state index contributed by atoms with van der Waals surface area (Å²) in [5.74, 6) is -0.199. The van der Waals surface area contributed by atoms with E-state index in [1.807, 2.05) is 31.2 Å². The smallest absolute Gasteiger partial charge is 0.249 e. The summed E-state index contributed by atoms with van der Waals surface area (Å²) in [4.78, 5) is 26.3. The van der Waals surface area contributed by atoms with Crippen molar-refractivity contribution in [2.75, 3.05) is 38.3 Å². The number of amides is 2. The van der Waals surface area contributed by atoms with Crippen LogP contribution in [0.1, 0.15) is 18.4 Å². The third-order valence-corrected chi connectivity index (χ3v) is 3.89. The maximum Gasteiger partial charge on any atom is 0.249 e. The molecule has 0 aliphatic carbocycles. The predicted octanol–water partition coefficient (Wildman–Crippen LogP) is 0.843. The van der Waals surface area contributed by atoms with Gasteiger partial charge in [-0.15, -0.1) is 0 Å². The van der Waals surface area contributed by atoms with Gasteiger partial charge in [-0.3, -0.25) is 9.59 Å². The largest absolute Gasteiger partial charge is 0.383 e. The average molecular weight is 319 g/mol. The molecule has 0 aromatic heterocycles. The van der Waals surface area contributed by atoms with E-state index in [-0.39, 0.29) is 18.4 Å². The average Bonchev–Trinajstić information content (AvgIpc) is 2.55. The summed E-state index contributed by atoms with van der Waals surface area (Å²) in [7, 11) is 1.61. The van der Waals surface area contributed by atoms with Crippen molar-refractivity contribution in [2.45, 2.75) is 25.8 Å². The second kappa shape index (κ2) is 8.64. The number of nitrogens with zero attached hydrogens (tertiary/aromatic N) is 1. The number of anilines is 1. The lowest BCUT2D eigenvalue weighted by molar-refractivity contribution is -0.128. The Morgan fingerprint density at radius 3 is 2.78 bits per heavy atom. The van der Waals surface area contributed by atoms with Crippen molar-refractivity contribution in [2.24, 2.45) is 0 Å². The van der Waals surface area contributed by atoms with Crippen molar-refractivity contribution in [3.05, 3.63) is 29.8 Å². The summed E-state index contributed by atoms with van der Waals surface area (Å²) in [6.45, 7) is 4.06. The number of carbonyl (C=O) groups is 2. The minimum atomic E-state index is -0.443. The fourth-order valence-corrected chi connectivity index (χ4v) is 2.61. The highest BCUT2D eigenvalue weighted by molar-refractivity contribution is 6.00. The third kappa shape index (κ3) is 5.04. The molecule has 6 nitrogen and oxygen atoms in total. The monoisotopic (exact) mass is 319 g/mol. The van der Waals surface area contributed by atoms with Gasteiger partial charge >= 0.3 is 0 Å². The first-order chi connectivity index (χ1) is 11.1. The van der Waals surface area contributed by atoms with Crippen LogP contribution in [0.5, 0.6) is 0 Å². The van der Waals surface area contributed by atoms with Gasteiger partial charge in [-0.2, -0.15) is 0 Å². The minimum Gasteiger partial charge on any atom is -0.383 e. The van der Waals surface area contributed by atoms with Crippen molar-refractivity contribution < 1.29 is 14.3 Å². The second-order valence-electron chi connectivity index (χ2n) is 5.76. The molecule has 1 aromatic carbocycles. The van der Waals surface area contributed by atoms with E-state index in [1.54, 1.807) is 12.0 Å². The van der Waals surface area contributed by atoms with Gasteiger partial charge in [0.25, 0.3) is 0 Å². The Bertz CT molecular complexity index is 530. The molecule has 2 amide bonds. The lowest BCUT2D eigenvalue weighted by Gasteiger charge is -2.32. The molecule has 1 aromatic rings. The molecular weight excluding hydrogens is 294 g/mol. The Hall–Kier alpha value is -1.92. The fraction of sp³-hybridized carbons (Fsp3) is 0.529. The molecule has 2 rings (SSSR count). The summed E-state index contributed by atoms with van der Waals surface area (Å²) >= 11 is 0. The quantitative estimate of drug-likeness (QED) is 0.731. The fourth-order valence-electron chi connectivity index (χ4n) is 2.61. The molecule has 1 aliphatic rings. The van der Waals surface area contributed by atoms with Crippen LogP contribution in [0.25, 0.3) is 0 Å². The van der Waals surface area contributed by atoms with Crippen LogP contribution < -0.4 is 15.5 Å². The molecule has 1 unspecified atom stereocenters. The molecule has 1 aliphatic heterocycles. The molecular formula is C17H25N3O3. The Kier molecular flexibility index (Phi) is 6.55. The van der Waals surface area contributed by atoms with Gasteiger partial charge in [0.15, 0.2) is 0 Å². The number of ether oxygens (including phenoxy) is 1. The Morgan fingerprint density at radius 1 is 1.35 bits per heavy atom. The van der Waals surface area contributed by atoms with Gasteiger partial charge in [-0.1, -0.05) is 17.7 Å². The Morgan fingerprint density at radius 2 is 2.09 bits per heavy atom. The third-order valence-electron chi connectivity index (χ3n) is 3.89. The van der Waals surface area contributed by atoms with Crippen LogP contribution >= 0.6 is 0 Å². The van der Waals surface area contributed by atoms with Gasteiger partial charge in [-0.05, 0) is 31.9 Å². The number of nitrogens with one attached hydrogen (secondary N) is 2. The van der Waals surface area contributed by atoms with E-state index in [0.29, 0.717) is 26.1 Å². The van der Waals surface area contributed by atoms with Crippen molar-refractivity contribution in [3.8, 4) is 0 Å². The zero-order valence-electron chi connectivity index (χ0n) is 13.8. The summed E-state index contributed by atoms with van der Waals surface area (Å²) < 4.78 is 4.91. The normalized spacial score (nSPS) is 18.1. The number of methoxy groups -OCH3 is 1. The van der Waals surface area contributed by atoms with Crippen LogP contribution in [-0.4, -0.2) is 51.2 Å². The van der Waals surface area contributed by atoms with Crippen LogP contribution in [0.2, 0.25) is 0 Å². The second-order valence-corrected chi connectivity index (χ2v) is 5.76. The van der Waals surface area contributed by atoms with E-state index < -0.39 is 6.04 Å². The van der Waals surface area contributed by atoms with Gasteiger partial charge in [0.2, 0.25) is 11.8 Å². The summed E-state index contributed by atoms with van der Waals surface area (Å²) in [6, 6.07) is 7.43. The van der Waals surface area contributed by atoms with E-state index in [1.165, 1.54) is 0 Å². The molecule has 1 saturated heterocycles. The SMILES string of the molecule is COCCNCC(=O)NC1CCCN(c2ccc(C)cc2)C1=O. The van der Waals surface area contributed by atoms with Crippen LogP contribution in [0.3, 0.4) is 0 Å². The molecule has 1 heterocycles. The van der Waals surface area contributed by atoms with E-state index in [4.69, 9.17) is 4.74 Å². The molecule has 6 heteroatoms. The molecule has 1 fully saturated rings. The maximum absolute atomic E-state index is 12.6. The highest BCUT2D eigenvalue weighted by Crippen LogP contribution is 2.21. The van der Waals surface area contributed by atoms with Crippen LogP contribution in [0.4, 0.5) is 5.69 Å². The molecule has 0 spiro atoms. The van der Waals surface area contributed by atoms with Gasteiger partial charge in [0.05, 0.1) is 13.2 Å². The van der Waals surface area contributed by atoms with Crippen molar-refractivity contribution in [3.63, 3.8) is 0 Å². The Labute approximate surface area is 137 Å². The molecule has 0 saturated carbocycles. The number of carbonyl (C=O) groups excluding carboxylic acids is 2. The van der Waals surface area contributed by atoms with E-state index in [9.17, 15) is 9.59 Å². The van der Waals surface area contributed by atoms with Gasteiger partial charge in [0, 0.05) is 25.9 Å². The summed E-state index contributed by atoms with van der Waals surface area (Å²) in [5.41, 5.74) is 2.04.